The summed E-state index contributed by atoms with van der Waals surface area (Å²) >= 11 is 0. The molecule has 0 aliphatic rings. The zero-order chi connectivity index (χ0) is 10.3. The molecule has 2 nitrogen and oxygen atoms in total. The predicted molar refractivity (Wildman–Crippen MR) is 60.2 cm³/mol. The average molecular weight is 205 g/mol. The molecule has 0 radical (unpaired) electrons. The Balaban J connectivity index is 3.41. The quantitative estimate of drug-likeness (QED) is 0.645. The molecule has 0 aliphatic heterocycles. The second-order valence-electron chi connectivity index (χ2n) is 4.26. The average Bonchev–Trinajstić information content (AvgIpc) is 2.12. The summed E-state index contributed by atoms with van der Waals surface area (Å²) in [6, 6.07) is 0. The van der Waals surface area contributed by atoms with Gasteiger partial charge < -0.3 is 5.73 Å². The Bertz CT molecular complexity index is 157. The maximum atomic E-state index is 11.1. The Kier molecular flexibility index (Phi) is 6.60. The first-order valence-corrected chi connectivity index (χ1v) is 6.55. The largest absolute Gasteiger partial charge is 0.330 e. The molecule has 0 spiro atoms. The van der Waals surface area contributed by atoms with Crippen LogP contribution in [-0.4, -0.2) is 22.3 Å². The van der Waals surface area contributed by atoms with Gasteiger partial charge in [-0.05, 0) is 24.8 Å². The van der Waals surface area contributed by atoms with Crippen LogP contribution in [0.1, 0.15) is 40.0 Å². The van der Waals surface area contributed by atoms with E-state index < -0.39 is 10.8 Å². The topological polar surface area (TPSA) is 43.1 Å². The van der Waals surface area contributed by atoms with E-state index in [4.69, 9.17) is 5.73 Å². The normalized spacial score (nSPS) is 14.5. The van der Waals surface area contributed by atoms with Gasteiger partial charge in [-0.25, -0.2) is 0 Å². The first-order valence-electron chi connectivity index (χ1n) is 5.07. The highest BCUT2D eigenvalue weighted by atomic mass is 32.2. The molecule has 80 valence electrons. The van der Waals surface area contributed by atoms with Crippen molar-refractivity contribution in [2.24, 2.45) is 11.1 Å². The van der Waals surface area contributed by atoms with Gasteiger partial charge in [0, 0.05) is 22.3 Å². The predicted octanol–water partition coefficient (Wildman–Crippen LogP) is 1.91. The van der Waals surface area contributed by atoms with E-state index in [1.54, 1.807) is 0 Å². The molecular weight excluding hydrogens is 182 g/mol. The highest BCUT2D eigenvalue weighted by Crippen LogP contribution is 2.21. The Hall–Kier alpha value is 0.110. The van der Waals surface area contributed by atoms with E-state index in [1.165, 1.54) is 0 Å². The third kappa shape index (κ3) is 7.20. The molecule has 0 amide bonds. The minimum Gasteiger partial charge on any atom is -0.330 e. The lowest BCUT2D eigenvalue weighted by Crippen LogP contribution is -2.23. The smallest absolute Gasteiger partial charge is 0.0234 e. The Morgan fingerprint density at radius 1 is 1.31 bits per heavy atom. The lowest BCUT2D eigenvalue weighted by molar-refractivity contribution is 0.336. The van der Waals surface area contributed by atoms with Gasteiger partial charge >= 0.3 is 0 Å². The molecule has 0 saturated carbocycles. The van der Waals surface area contributed by atoms with E-state index in [0.29, 0.717) is 0 Å². The van der Waals surface area contributed by atoms with Crippen LogP contribution < -0.4 is 5.73 Å². The van der Waals surface area contributed by atoms with Crippen LogP contribution in [0.2, 0.25) is 0 Å². The summed E-state index contributed by atoms with van der Waals surface area (Å²) in [7, 11) is -0.588. The van der Waals surface area contributed by atoms with Crippen LogP contribution in [-0.2, 0) is 10.8 Å². The summed E-state index contributed by atoms with van der Waals surface area (Å²) in [4.78, 5) is 0. The zero-order valence-electron chi connectivity index (χ0n) is 9.14. The highest BCUT2D eigenvalue weighted by molar-refractivity contribution is 7.84. The number of unbranched alkanes of at least 4 members (excludes halogenated alkanes) is 1. The van der Waals surface area contributed by atoms with Gasteiger partial charge in [0.15, 0.2) is 0 Å². The fourth-order valence-corrected chi connectivity index (χ4v) is 1.93. The monoisotopic (exact) mass is 205 g/mol. The van der Waals surface area contributed by atoms with Crippen molar-refractivity contribution < 1.29 is 4.21 Å². The van der Waals surface area contributed by atoms with E-state index in [1.807, 2.05) is 6.92 Å². The summed E-state index contributed by atoms with van der Waals surface area (Å²) < 4.78 is 11.1. The molecule has 0 aliphatic carbocycles. The summed E-state index contributed by atoms with van der Waals surface area (Å²) in [5.41, 5.74) is 5.87. The number of nitrogens with two attached hydrogens (primary N) is 1. The maximum Gasteiger partial charge on any atom is 0.0234 e. The third-order valence-electron chi connectivity index (χ3n) is 2.35. The summed E-state index contributed by atoms with van der Waals surface area (Å²) in [6.07, 6.45) is 3.37. The van der Waals surface area contributed by atoms with Crippen molar-refractivity contribution in [1.82, 2.24) is 0 Å². The van der Waals surface area contributed by atoms with E-state index in [9.17, 15) is 4.21 Å². The second kappa shape index (κ2) is 6.55. The molecule has 0 bridgehead atoms. The molecule has 3 heteroatoms. The molecular formula is C10H23NOS. The second-order valence-corrected chi connectivity index (χ2v) is 6.12. The summed E-state index contributed by atoms with van der Waals surface area (Å²) in [5, 5.41) is 0. The van der Waals surface area contributed by atoms with E-state index >= 15 is 0 Å². The van der Waals surface area contributed by atoms with Gasteiger partial charge in [0.05, 0.1) is 0 Å². The molecule has 1 atom stereocenters. The van der Waals surface area contributed by atoms with Crippen molar-refractivity contribution in [1.29, 1.82) is 0 Å². The minimum absolute atomic E-state index is 0.258. The number of rotatable bonds is 7. The standard InChI is InChI=1S/C10H23NOS/c1-4-13(12)8-6-5-7-10(2,3)9-11/h4-9,11H2,1-3H3. The van der Waals surface area contributed by atoms with Gasteiger partial charge in [-0.3, -0.25) is 4.21 Å². The van der Waals surface area contributed by atoms with E-state index in [-0.39, 0.29) is 5.41 Å². The molecule has 0 aromatic rings. The first-order chi connectivity index (χ1) is 6.02. The number of hydrogen-bond donors (Lipinski definition) is 1. The van der Waals surface area contributed by atoms with Crippen molar-refractivity contribution in [2.75, 3.05) is 18.1 Å². The number of hydrogen-bond acceptors (Lipinski definition) is 2. The molecule has 0 rings (SSSR count). The Morgan fingerprint density at radius 2 is 1.92 bits per heavy atom. The molecule has 2 N–H and O–H groups in total. The van der Waals surface area contributed by atoms with Crippen molar-refractivity contribution in [3.05, 3.63) is 0 Å². The first kappa shape index (κ1) is 13.1. The molecule has 13 heavy (non-hydrogen) atoms. The van der Waals surface area contributed by atoms with Crippen molar-refractivity contribution in [2.45, 2.75) is 40.0 Å². The molecule has 0 aromatic heterocycles. The van der Waals surface area contributed by atoms with Crippen LogP contribution >= 0.6 is 0 Å². The lowest BCUT2D eigenvalue weighted by atomic mass is 9.88. The Morgan fingerprint density at radius 3 is 2.38 bits per heavy atom. The maximum absolute atomic E-state index is 11.1. The van der Waals surface area contributed by atoms with E-state index in [2.05, 4.69) is 13.8 Å². The molecule has 0 heterocycles. The van der Waals surface area contributed by atoms with Gasteiger partial charge in [-0.15, -0.1) is 0 Å². The molecule has 0 saturated heterocycles. The molecule has 0 aromatic carbocycles. The van der Waals surface area contributed by atoms with Crippen LogP contribution in [0.15, 0.2) is 0 Å². The van der Waals surface area contributed by atoms with Crippen LogP contribution in [0.25, 0.3) is 0 Å². The van der Waals surface area contributed by atoms with Crippen molar-refractivity contribution >= 4 is 10.8 Å². The Labute approximate surface area is 84.7 Å². The third-order valence-corrected chi connectivity index (χ3v) is 3.74. The summed E-state index contributed by atoms with van der Waals surface area (Å²) in [6.45, 7) is 7.08. The van der Waals surface area contributed by atoms with Gasteiger partial charge in [-0.2, -0.15) is 0 Å². The molecule has 0 fully saturated rings. The molecule has 1 unspecified atom stereocenters. The van der Waals surface area contributed by atoms with E-state index in [0.717, 1.165) is 37.3 Å². The van der Waals surface area contributed by atoms with Crippen LogP contribution in [0.4, 0.5) is 0 Å². The minimum atomic E-state index is -0.588. The fraction of sp³-hybridized carbons (Fsp3) is 1.00. The fourth-order valence-electron chi connectivity index (χ4n) is 1.11. The van der Waals surface area contributed by atoms with Crippen LogP contribution in [0.5, 0.6) is 0 Å². The SMILES string of the molecule is CCS(=O)CCCCC(C)(C)CN. The van der Waals surface area contributed by atoms with Crippen LogP contribution in [0, 0.1) is 5.41 Å². The zero-order valence-corrected chi connectivity index (χ0v) is 9.95. The van der Waals surface area contributed by atoms with Gasteiger partial charge in [0.2, 0.25) is 0 Å². The van der Waals surface area contributed by atoms with Gasteiger partial charge in [0.25, 0.3) is 0 Å². The lowest BCUT2D eigenvalue weighted by Gasteiger charge is -2.21. The van der Waals surface area contributed by atoms with Crippen molar-refractivity contribution in [3.8, 4) is 0 Å². The summed E-state index contributed by atoms with van der Waals surface area (Å²) in [5.74, 6) is 1.65. The van der Waals surface area contributed by atoms with Gasteiger partial charge in [0.1, 0.15) is 0 Å². The van der Waals surface area contributed by atoms with Crippen LogP contribution in [0.3, 0.4) is 0 Å². The van der Waals surface area contributed by atoms with Crippen molar-refractivity contribution in [3.63, 3.8) is 0 Å². The van der Waals surface area contributed by atoms with Gasteiger partial charge in [-0.1, -0.05) is 27.2 Å². The highest BCUT2D eigenvalue weighted by Gasteiger charge is 2.14.